The fourth-order valence-corrected chi connectivity index (χ4v) is 3.21. The van der Waals surface area contributed by atoms with Crippen molar-refractivity contribution in [2.45, 2.75) is 32.6 Å². The van der Waals surface area contributed by atoms with Gasteiger partial charge in [-0.05, 0) is 31.0 Å². The van der Waals surface area contributed by atoms with Crippen molar-refractivity contribution in [1.29, 1.82) is 0 Å². The van der Waals surface area contributed by atoms with E-state index in [-0.39, 0.29) is 35.2 Å². The average Bonchev–Trinajstić information content (AvgIpc) is 3.40. The maximum absolute atomic E-state index is 13.1. The number of imidazole rings is 2. The van der Waals surface area contributed by atoms with Gasteiger partial charge in [-0.25, -0.2) is 19.3 Å². The van der Waals surface area contributed by atoms with E-state index >= 15 is 0 Å². The molecule has 3 heterocycles. The Morgan fingerprint density at radius 1 is 1.21 bits per heavy atom. The quantitative estimate of drug-likeness (QED) is 0.451. The predicted molar refractivity (Wildman–Crippen MR) is 112 cm³/mol. The number of halogens is 4. The fraction of sp³-hybridized carbons (Fsp3) is 0.250. The van der Waals surface area contributed by atoms with E-state index in [2.05, 4.69) is 25.4 Å². The number of carbonyl (C=O) groups excluding carboxylic acids is 1. The molecule has 1 amide bonds. The molecule has 1 N–H and O–H groups in total. The van der Waals surface area contributed by atoms with Crippen molar-refractivity contribution < 1.29 is 22.7 Å². The van der Waals surface area contributed by atoms with Crippen molar-refractivity contribution in [3.8, 4) is 17.3 Å². The van der Waals surface area contributed by atoms with Crippen molar-refractivity contribution in [3.05, 3.63) is 59.4 Å². The number of nitrogens with one attached hydrogen (secondary N) is 1. The fourth-order valence-electron chi connectivity index (χ4n) is 3.05. The van der Waals surface area contributed by atoms with Crippen molar-refractivity contribution in [2.24, 2.45) is 0 Å². The topological polar surface area (TPSA) is 99.2 Å². The van der Waals surface area contributed by atoms with E-state index in [1.165, 1.54) is 21.5 Å². The average molecular weight is 480 g/mol. The molecule has 4 aromatic rings. The molecule has 0 unspecified atom stereocenters. The first-order chi connectivity index (χ1) is 15.6. The van der Waals surface area contributed by atoms with E-state index in [0.29, 0.717) is 11.1 Å². The van der Waals surface area contributed by atoms with Crippen LogP contribution < -0.4 is 10.1 Å². The van der Waals surface area contributed by atoms with Gasteiger partial charge < -0.3 is 14.6 Å². The summed E-state index contributed by atoms with van der Waals surface area (Å²) >= 11 is 5.81. The van der Waals surface area contributed by atoms with Gasteiger partial charge in [-0.2, -0.15) is 18.2 Å². The van der Waals surface area contributed by atoms with Gasteiger partial charge in [0.25, 0.3) is 5.88 Å². The number of fused-ring (bicyclic) bond motifs is 1. The lowest BCUT2D eigenvalue weighted by molar-refractivity contribution is -0.140. The lowest BCUT2D eigenvalue weighted by Gasteiger charge is -2.12. The zero-order valence-corrected chi connectivity index (χ0v) is 18.1. The Hall–Kier alpha value is -3.67. The second kappa shape index (κ2) is 8.70. The van der Waals surface area contributed by atoms with Gasteiger partial charge >= 0.3 is 12.3 Å². The van der Waals surface area contributed by atoms with Gasteiger partial charge in [0.05, 0.1) is 0 Å². The summed E-state index contributed by atoms with van der Waals surface area (Å²) in [6.45, 7) is 3.66. The van der Waals surface area contributed by atoms with Crippen molar-refractivity contribution >= 4 is 23.3 Å². The number of benzene rings is 1. The third-order valence-corrected chi connectivity index (χ3v) is 4.77. The molecule has 0 saturated carbocycles. The van der Waals surface area contributed by atoms with Gasteiger partial charge in [0, 0.05) is 36.7 Å². The molecule has 0 aliphatic heterocycles. The number of hydrogen-bond acceptors (Lipinski definition) is 6. The SMILES string of the molecule is CC(C)n1cc(C(F)(F)F)nc1-c1ccc(CNC(=O)Oc2nc(Cl)nn3ccnc23)cc1. The first-order valence-electron chi connectivity index (χ1n) is 9.70. The summed E-state index contributed by atoms with van der Waals surface area (Å²) in [6.07, 6.45) is -1.34. The molecule has 3 aromatic heterocycles. The molecule has 172 valence electrons. The van der Waals surface area contributed by atoms with E-state index in [0.717, 1.165) is 6.20 Å². The maximum atomic E-state index is 13.1. The van der Waals surface area contributed by atoms with Crippen LogP contribution in [0.1, 0.15) is 31.1 Å². The molecule has 0 radical (unpaired) electrons. The molecule has 4 rings (SSSR count). The molecule has 0 aliphatic carbocycles. The van der Waals surface area contributed by atoms with Gasteiger partial charge in [0.2, 0.25) is 10.9 Å². The third kappa shape index (κ3) is 4.90. The first-order valence-corrected chi connectivity index (χ1v) is 10.1. The molecule has 0 bridgehead atoms. The largest absolute Gasteiger partial charge is 0.434 e. The van der Waals surface area contributed by atoms with Crippen LogP contribution in [0.5, 0.6) is 5.88 Å². The number of hydrogen-bond donors (Lipinski definition) is 1. The van der Waals surface area contributed by atoms with Crippen LogP contribution in [-0.2, 0) is 12.7 Å². The highest BCUT2D eigenvalue weighted by atomic mass is 35.5. The number of rotatable bonds is 5. The van der Waals surface area contributed by atoms with E-state index in [4.69, 9.17) is 16.3 Å². The van der Waals surface area contributed by atoms with Gasteiger partial charge in [0.1, 0.15) is 5.82 Å². The Bertz CT molecular complexity index is 1300. The second-order valence-corrected chi connectivity index (χ2v) is 7.61. The number of aromatic nitrogens is 6. The summed E-state index contributed by atoms with van der Waals surface area (Å²) in [5.41, 5.74) is 0.484. The van der Waals surface area contributed by atoms with Crippen molar-refractivity contribution in [3.63, 3.8) is 0 Å². The van der Waals surface area contributed by atoms with Crippen LogP contribution in [0, 0.1) is 0 Å². The molecule has 0 atom stereocenters. The predicted octanol–water partition coefficient (Wildman–Crippen LogP) is 4.53. The summed E-state index contributed by atoms with van der Waals surface area (Å²) in [5, 5.41) is 6.34. The van der Waals surface area contributed by atoms with Gasteiger partial charge in [0.15, 0.2) is 5.69 Å². The molecule has 0 saturated heterocycles. The minimum Gasteiger partial charge on any atom is -0.387 e. The summed E-state index contributed by atoms with van der Waals surface area (Å²) in [6, 6.07) is 6.42. The Morgan fingerprint density at radius 3 is 2.61 bits per heavy atom. The molecule has 13 heteroatoms. The number of amides is 1. The van der Waals surface area contributed by atoms with E-state index in [1.54, 1.807) is 38.1 Å². The molecule has 0 spiro atoms. The number of alkyl halides is 3. The zero-order chi connectivity index (χ0) is 23.8. The smallest absolute Gasteiger partial charge is 0.387 e. The Morgan fingerprint density at radius 2 is 1.94 bits per heavy atom. The molecular formula is C20H17ClF3N7O2. The van der Waals surface area contributed by atoms with Crippen LogP contribution in [0.4, 0.5) is 18.0 Å². The summed E-state index contributed by atoms with van der Waals surface area (Å²) in [4.78, 5) is 23.8. The molecule has 0 fully saturated rings. The lowest BCUT2D eigenvalue weighted by atomic mass is 10.1. The first kappa shape index (κ1) is 22.5. The molecule has 1 aromatic carbocycles. The van der Waals surface area contributed by atoms with Crippen LogP contribution >= 0.6 is 11.6 Å². The van der Waals surface area contributed by atoms with Crippen LogP contribution in [0.2, 0.25) is 5.28 Å². The highest BCUT2D eigenvalue weighted by Gasteiger charge is 2.35. The highest BCUT2D eigenvalue weighted by molar-refractivity contribution is 6.28. The lowest BCUT2D eigenvalue weighted by Crippen LogP contribution is -2.27. The Labute approximate surface area is 190 Å². The molecule has 9 nitrogen and oxygen atoms in total. The summed E-state index contributed by atoms with van der Waals surface area (Å²) in [7, 11) is 0. The van der Waals surface area contributed by atoms with Gasteiger partial charge in [-0.1, -0.05) is 24.3 Å². The standard InChI is InChI=1S/C20H17ClF3N7O2/c1-11(2)30-10-14(20(22,23)24)27-15(30)13-5-3-12(4-6-13)9-26-19(32)33-17-16-25-7-8-31(16)29-18(21)28-17/h3-8,10-11H,9H2,1-2H3,(H,26,32). The Balaban J connectivity index is 1.45. The maximum Gasteiger partial charge on any atom is 0.434 e. The van der Waals surface area contributed by atoms with Gasteiger partial charge in [-0.3, -0.25) is 0 Å². The van der Waals surface area contributed by atoms with Crippen molar-refractivity contribution in [1.82, 2.24) is 34.4 Å². The zero-order valence-electron chi connectivity index (χ0n) is 17.3. The summed E-state index contributed by atoms with van der Waals surface area (Å²) in [5.74, 6) is 0.106. The van der Waals surface area contributed by atoms with Crippen LogP contribution in [0.3, 0.4) is 0 Å². The van der Waals surface area contributed by atoms with Crippen LogP contribution in [0.25, 0.3) is 17.0 Å². The second-order valence-electron chi connectivity index (χ2n) is 7.27. The van der Waals surface area contributed by atoms with Gasteiger partial charge in [-0.15, -0.1) is 5.10 Å². The number of nitrogens with zero attached hydrogens (tertiary/aromatic N) is 6. The van der Waals surface area contributed by atoms with E-state index in [9.17, 15) is 18.0 Å². The Kier molecular flexibility index (Phi) is 5.93. The van der Waals surface area contributed by atoms with Crippen LogP contribution in [0.15, 0.2) is 42.9 Å². The number of carbonyl (C=O) groups is 1. The highest BCUT2D eigenvalue weighted by Crippen LogP contribution is 2.32. The minimum atomic E-state index is -4.53. The van der Waals surface area contributed by atoms with Crippen molar-refractivity contribution in [2.75, 3.05) is 0 Å². The van der Waals surface area contributed by atoms with E-state index in [1.807, 2.05) is 0 Å². The molecule has 0 aliphatic rings. The number of ether oxygens (including phenoxy) is 1. The molecular weight excluding hydrogens is 463 g/mol. The third-order valence-electron chi connectivity index (χ3n) is 4.61. The molecule has 33 heavy (non-hydrogen) atoms. The monoisotopic (exact) mass is 479 g/mol. The normalized spacial score (nSPS) is 11.8. The summed E-state index contributed by atoms with van der Waals surface area (Å²) < 4.78 is 47.3. The van der Waals surface area contributed by atoms with Crippen LogP contribution in [-0.4, -0.2) is 35.2 Å². The minimum absolute atomic E-state index is 0.103. The van der Waals surface area contributed by atoms with E-state index < -0.39 is 18.0 Å².